The van der Waals surface area contributed by atoms with E-state index in [1.165, 1.54) is 0 Å². The number of ether oxygens (including phenoxy) is 2. The Morgan fingerprint density at radius 2 is 1.33 bits per heavy atom. The number of hydrogen-bond acceptors (Lipinski definition) is 4. The predicted molar refractivity (Wildman–Crippen MR) is 51.8 cm³/mol. The van der Waals surface area contributed by atoms with Crippen molar-refractivity contribution in [2.24, 2.45) is 0 Å². The van der Waals surface area contributed by atoms with E-state index in [1.807, 2.05) is 21.6 Å². The molecule has 12 heavy (non-hydrogen) atoms. The van der Waals surface area contributed by atoms with E-state index >= 15 is 0 Å². The fourth-order valence-corrected chi connectivity index (χ4v) is 1.74. The molecular weight excluding hydrogens is 192 g/mol. The normalized spacial score (nSPS) is 20.7. The molecule has 0 spiro atoms. The molecule has 0 aromatic rings. The van der Waals surface area contributed by atoms with Gasteiger partial charge in [0.2, 0.25) is 0 Å². The molecule has 2 heterocycles. The highest BCUT2D eigenvalue weighted by Gasteiger charge is 2.10. The lowest BCUT2D eigenvalue weighted by molar-refractivity contribution is 0.276. The summed E-state index contributed by atoms with van der Waals surface area (Å²) in [7, 11) is 0. The first kappa shape index (κ1) is 7.89. The van der Waals surface area contributed by atoms with Crippen LogP contribution in [0.1, 0.15) is 0 Å². The van der Waals surface area contributed by atoms with Crippen LogP contribution in [0.2, 0.25) is 0 Å². The van der Waals surface area contributed by atoms with Crippen LogP contribution in [0.5, 0.6) is 0 Å². The van der Waals surface area contributed by atoms with Crippen molar-refractivity contribution < 1.29 is 9.47 Å². The third-order valence-electron chi connectivity index (χ3n) is 1.25. The van der Waals surface area contributed by atoms with E-state index in [0.29, 0.717) is 0 Å². The molecule has 0 aromatic carbocycles. The molecule has 2 rings (SSSR count). The van der Waals surface area contributed by atoms with Gasteiger partial charge in [-0.3, -0.25) is 0 Å². The molecule has 0 aromatic heterocycles. The maximum Gasteiger partial charge on any atom is 0.176 e. The predicted octanol–water partition coefficient (Wildman–Crippen LogP) is 3.14. The second-order valence-electron chi connectivity index (χ2n) is 2.02. The monoisotopic (exact) mass is 198 g/mol. The second kappa shape index (κ2) is 3.78. The van der Waals surface area contributed by atoms with E-state index in [2.05, 4.69) is 0 Å². The zero-order chi connectivity index (χ0) is 8.23. The van der Waals surface area contributed by atoms with E-state index < -0.39 is 0 Å². The van der Waals surface area contributed by atoms with Crippen molar-refractivity contribution in [1.82, 2.24) is 0 Å². The molecule has 0 fully saturated rings. The molecule has 0 atom stereocenters. The Kier molecular flexibility index (Phi) is 2.48. The number of rotatable bonds is 1. The van der Waals surface area contributed by atoms with E-state index in [1.54, 1.807) is 36.0 Å². The highest BCUT2D eigenvalue weighted by atomic mass is 32.2. The van der Waals surface area contributed by atoms with Crippen LogP contribution < -0.4 is 0 Å². The molecule has 0 unspecified atom stereocenters. The molecular formula is C8H6O2S2. The Bertz CT molecular complexity index is 259. The van der Waals surface area contributed by atoms with Gasteiger partial charge in [-0.2, -0.15) is 0 Å². The topological polar surface area (TPSA) is 18.5 Å². The Hall–Kier alpha value is -0.740. The zero-order valence-electron chi connectivity index (χ0n) is 6.10. The molecule has 0 radical (unpaired) electrons. The van der Waals surface area contributed by atoms with Crippen molar-refractivity contribution in [3.63, 3.8) is 0 Å². The van der Waals surface area contributed by atoms with E-state index in [4.69, 9.17) is 9.47 Å². The van der Waals surface area contributed by atoms with Crippen LogP contribution in [0.25, 0.3) is 0 Å². The van der Waals surface area contributed by atoms with Gasteiger partial charge in [-0.15, -0.1) is 0 Å². The van der Waals surface area contributed by atoms with Crippen molar-refractivity contribution in [3.8, 4) is 0 Å². The van der Waals surface area contributed by atoms with Crippen LogP contribution in [0, 0.1) is 0 Å². The van der Waals surface area contributed by atoms with E-state index in [9.17, 15) is 0 Å². The van der Waals surface area contributed by atoms with Crippen molar-refractivity contribution in [1.29, 1.82) is 0 Å². The standard InChI is InChI=1S/C8H6O2S2/c1-3-11-5-7(9-1)8-6-12-4-2-10-8/h1-6H. The summed E-state index contributed by atoms with van der Waals surface area (Å²) in [5.74, 6) is 1.53. The van der Waals surface area contributed by atoms with Gasteiger partial charge in [0.05, 0.1) is 12.5 Å². The minimum absolute atomic E-state index is 0.763. The maximum atomic E-state index is 5.24. The lowest BCUT2D eigenvalue weighted by Crippen LogP contribution is -1.96. The van der Waals surface area contributed by atoms with Gasteiger partial charge >= 0.3 is 0 Å². The first-order valence-corrected chi connectivity index (χ1v) is 5.20. The van der Waals surface area contributed by atoms with Crippen LogP contribution in [0.3, 0.4) is 0 Å². The molecule has 0 aliphatic carbocycles. The third kappa shape index (κ3) is 1.70. The summed E-state index contributed by atoms with van der Waals surface area (Å²) in [5.41, 5.74) is 0. The molecule has 0 amide bonds. The van der Waals surface area contributed by atoms with Gasteiger partial charge in [0.25, 0.3) is 0 Å². The molecule has 2 aliphatic heterocycles. The van der Waals surface area contributed by atoms with Gasteiger partial charge in [-0.1, -0.05) is 23.5 Å². The van der Waals surface area contributed by atoms with Gasteiger partial charge in [-0.25, -0.2) is 0 Å². The van der Waals surface area contributed by atoms with Gasteiger partial charge in [0.15, 0.2) is 11.5 Å². The molecule has 0 bridgehead atoms. The highest BCUT2D eigenvalue weighted by Crippen LogP contribution is 2.27. The van der Waals surface area contributed by atoms with Crippen LogP contribution in [0.4, 0.5) is 0 Å². The largest absolute Gasteiger partial charge is 0.460 e. The first-order chi connectivity index (χ1) is 5.97. The molecule has 2 nitrogen and oxygen atoms in total. The van der Waals surface area contributed by atoms with Gasteiger partial charge in [-0.05, 0) is 0 Å². The summed E-state index contributed by atoms with van der Waals surface area (Å²) in [5, 5.41) is 7.56. The van der Waals surface area contributed by atoms with Gasteiger partial charge in [0, 0.05) is 21.6 Å². The minimum Gasteiger partial charge on any atom is -0.460 e. The molecule has 0 saturated heterocycles. The third-order valence-corrected chi connectivity index (χ3v) is 2.49. The second-order valence-corrected chi connectivity index (χ2v) is 3.58. The summed E-state index contributed by atoms with van der Waals surface area (Å²) >= 11 is 3.15. The van der Waals surface area contributed by atoms with Crippen LogP contribution in [-0.2, 0) is 9.47 Å². The quantitative estimate of drug-likeness (QED) is 0.644. The summed E-state index contributed by atoms with van der Waals surface area (Å²) in [6, 6.07) is 0. The Morgan fingerprint density at radius 3 is 1.67 bits per heavy atom. The number of thioether (sulfide) groups is 2. The summed E-state index contributed by atoms with van der Waals surface area (Å²) in [4.78, 5) is 0. The van der Waals surface area contributed by atoms with Crippen LogP contribution >= 0.6 is 23.5 Å². The average molecular weight is 198 g/mol. The first-order valence-electron chi connectivity index (χ1n) is 3.32. The van der Waals surface area contributed by atoms with Crippen LogP contribution in [0.15, 0.2) is 45.7 Å². The fourth-order valence-electron chi connectivity index (χ4n) is 0.756. The summed E-state index contributed by atoms with van der Waals surface area (Å²) in [6.07, 6.45) is 3.29. The average Bonchev–Trinajstić information content (AvgIpc) is 2.21. The fraction of sp³-hybridized carbons (Fsp3) is 0. The highest BCUT2D eigenvalue weighted by molar-refractivity contribution is 8.05. The lowest BCUT2D eigenvalue weighted by atomic mass is 10.5. The summed E-state index contributed by atoms with van der Waals surface area (Å²) in [6.45, 7) is 0. The Balaban J connectivity index is 2.08. The lowest BCUT2D eigenvalue weighted by Gasteiger charge is -2.13. The van der Waals surface area contributed by atoms with Crippen LogP contribution in [-0.4, -0.2) is 0 Å². The SMILES string of the molecule is C1=CSC=C(C2=CSC=CO2)O1. The van der Waals surface area contributed by atoms with E-state index in [0.717, 1.165) is 11.5 Å². The molecule has 4 heteroatoms. The smallest absolute Gasteiger partial charge is 0.176 e. The molecule has 62 valence electrons. The maximum absolute atomic E-state index is 5.24. The zero-order valence-corrected chi connectivity index (χ0v) is 7.73. The Labute approximate surface area is 79.0 Å². The Morgan fingerprint density at radius 1 is 0.833 bits per heavy atom. The van der Waals surface area contributed by atoms with E-state index in [-0.39, 0.29) is 0 Å². The van der Waals surface area contributed by atoms with Crippen molar-refractivity contribution in [2.45, 2.75) is 0 Å². The molecule has 0 N–H and O–H groups in total. The van der Waals surface area contributed by atoms with Gasteiger partial charge in [0.1, 0.15) is 0 Å². The molecule has 0 saturated carbocycles. The molecule has 2 aliphatic rings. The van der Waals surface area contributed by atoms with Crippen molar-refractivity contribution >= 4 is 23.5 Å². The van der Waals surface area contributed by atoms with Crippen molar-refractivity contribution in [2.75, 3.05) is 0 Å². The van der Waals surface area contributed by atoms with Crippen molar-refractivity contribution in [3.05, 3.63) is 45.7 Å². The minimum atomic E-state index is 0.763. The number of hydrogen-bond donors (Lipinski definition) is 0. The van der Waals surface area contributed by atoms with Gasteiger partial charge < -0.3 is 9.47 Å². The summed E-state index contributed by atoms with van der Waals surface area (Å²) < 4.78 is 10.5.